The van der Waals surface area contributed by atoms with Gasteiger partial charge in [-0.15, -0.1) is 0 Å². The summed E-state index contributed by atoms with van der Waals surface area (Å²) in [7, 11) is 0. The Hall–Kier alpha value is -1.35. The first kappa shape index (κ1) is 13.3. The van der Waals surface area contributed by atoms with Gasteiger partial charge in [-0.2, -0.15) is 0 Å². The molecule has 0 saturated heterocycles. The van der Waals surface area contributed by atoms with E-state index >= 15 is 0 Å². The quantitative estimate of drug-likeness (QED) is 0.602. The standard InChI is InChI=1S/C18H22N2S/c1-2-3-4-7-13-10-11-14-16(12-13)20-15-8-5-6-9-17(15)21-18(20)19-14/h5-6,8-9,13H,2-4,7,10-12H2,1H3. The Labute approximate surface area is 129 Å². The molecular formula is C18H22N2S. The van der Waals surface area contributed by atoms with Crippen molar-refractivity contribution in [2.24, 2.45) is 5.92 Å². The Bertz CT molecular complexity index is 768. The molecular weight excluding hydrogens is 276 g/mol. The van der Waals surface area contributed by atoms with E-state index in [1.165, 1.54) is 71.5 Å². The number of para-hydroxylation sites is 1. The van der Waals surface area contributed by atoms with Crippen LogP contribution in [0.3, 0.4) is 0 Å². The second-order valence-electron chi connectivity index (χ2n) is 6.30. The minimum Gasteiger partial charge on any atom is -0.287 e. The third kappa shape index (κ3) is 2.28. The second kappa shape index (κ2) is 5.45. The van der Waals surface area contributed by atoms with Crippen molar-refractivity contribution >= 4 is 26.5 Å². The first-order chi connectivity index (χ1) is 10.4. The normalized spacial score (nSPS) is 18.4. The van der Waals surface area contributed by atoms with E-state index in [9.17, 15) is 0 Å². The lowest BCUT2D eigenvalue weighted by Crippen LogP contribution is -2.15. The third-order valence-electron chi connectivity index (χ3n) is 4.82. The van der Waals surface area contributed by atoms with E-state index in [-0.39, 0.29) is 0 Å². The number of hydrogen-bond acceptors (Lipinski definition) is 2. The van der Waals surface area contributed by atoms with Crippen LogP contribution in [0.15, 0.2) is 24.3 Å². The average Bonchev–Trinajstić information content (AvgIpc) is 3.03. The van der Waals surface area contributed by atoms with Crippen molar-refractivity contribution in [3.05, 3.63) is 35.7 Å². The SMILES string of the molecule is CCCCCC1CCc2nc3sc4ccccc4n3c2C1. The molecule has 0 fully saturated rings. The Morgan fingerprint density at radius 1 is 1.29 bits per heavy atom. The van der Waals surface area contributed by atoms with E-state index in [0.717, 1.165) is 5.92 Å². The third-order valence-corrected chi connectivity index (χ3v) is 5.84. The van der Waals surface area contributed by atoms with Crippen LogP contribution in [-0.2, 0) is 12.8 Å². The van der Waals surface area contributed by atoms with Gasteiger partial charge in [-0.1, -0.05) is 56.1 Å². The molecule has 3 aromatic rings. The Morgan fingerprint density at radius 2 is 2.19 bits per heavy atom. The highest BCUT2D eigenvalue weighted by atomic mass is 32.1. The number of unbranched alkanes of at least 4 members (excludes halogenated alkanes) is 2. The van der Waals surface area contributed by atoms with Gasteiger partial charge >= 0.3 is 0 Å². The molecule has 4 rings (SSSR count). The zero-order chi connectivity index (χ0) is 14.2. The molecule has 0 amide bonds. The molecule has 0 saturated carbocycles. The molecule has 21 heavy (non-hydrogen) atoms. The van der Waals surface area contributed by atoms with E-state index in [2.05, 4.69) is 35.6 Å². The average molecular weight is 298 g/mol. The summed E-state index contributed by atoms with van der Waals surface area (Å²) in [5.41, 5.74) is 4.20. The number of aromatic nitrogens is 2. The first-order valence-electron chi connectivity index (χ1n) is 8.24. The Morgan fingerprint density at radius 3 is 3.10 bits per heavy atom. The van der Waals surface area contributed by atoms with Gasteiger partial charge in [0.15, 0.2) is 4.96 Å². The fraction of sp³-hybridized carbons (Fsp3) is 0.500. The van der Waals surface area contributed by atoms with Gasteiger partial charge in [0.05, 0.1) is 15.9 Å². The lowest BCUT2D eigenvalue weighted by molar-refractivity contribution is 0.401. The summed E-state index contributed by atoms with van der Waals surface area (Å²) in [4.78, 5) is 6.09. The molecule has 1 aromatic carbocycles. The van der Waals surface area contributed by atoms with E-state index in [4.69, 9.17) is 4.98 Å². The molecule has 1 aliphatic rings. The zero-order valence-corrected chi connectivity index (χ0v) is 13.5. The van der Waals surface area contributed by atoms with Crippen LogP contribution in [0.1, 0.15) is 50.4 Å². The highest BCUT2D eigenvalue weighted by Crippen LogP contribution is 2.34. The van der Waals surface area contributed by atoms with Crippen LogP contribution in [0.25, 0.3) is 15.2 Å². The second-order valence-corrected chi connectivity index (χ2v) is 7.31. The van der Waals surface area contributed by atoms with Gasteiger partial charge in [0, 0.05) is 5.69 Å². The van der Waals surface area contributed by atoms with Crippen LogP contribution < -0.4 is 0 Å². The fourth-order valence-corrected chi connectivity index (χ4v) is 4.74. The van der Waals surface area contributed by atoms with Crippen LogP contribution >= 0.6 is 11.3 Å². The summed E-state index contributed by atoms with van der Waals surface area (Å²) < 4.78 is 3.79. The van der Waals surface area contributed by atoms with Gasteiger partial charge in [-0.25, -0.2) is 4.98 Å². The van der Waals surface area contributed by atoms with Crippen LogP contribution in [0.4, 0.5) is 0 Å². The number of aryl methyl sites for hydroxylation is 1. The highest BCUT2D eigenvalue weighted by molar-refractivity contribution is 7.23. The maximum atomic E-state index is 4.90. The number of hydrogen-bond donors (Lipinski definition) is 0. The highest BCUT2D eigenvalue weighted by Gasteiger charge is 2.24. The number of fused-ring (bicyclic) bond motifs is 5. The summed E-state index contributed by atoms with van der Waals surface area (Å²) in [6.07, 6.45) is 9.22. The van der Waals surface area contributed by atoms with Gasteiger partial charge in [-0.05, 0) is 37.3 Å². The van der Waals surface area contributed by atoms with Crippen LogP contribution in [0.2, 0.25) is 0 Å². The van der Waals surface area contributed by atoms with Gasteiger partial charge in [0.25, 0.3) is 0 Å². The monoisotopic (exact) mass is 298 g/mol. The molecule has 2 heterocycles. The number of thiazole rings is 1. The maximum absolute atomic E-state index is 4.90. The van der Waals surface area contributed by atoms with E-state index < -0.39 is 0 Å². The molecule has 0 spiro atoms. The molecule has 1 atom stereocenters. The lowest BCUT2D eigenvalue weighted by Gasteiger charge is -2.21. The minimum absolute atomic E-state index is 0.864. The summed E-state index contributed by atoms with van der Waals surface area (Å²) in [5, 5.41) is 0. The van der Waals surface area contributed by atoms with E-state index in [1.807, 2.05) is 11.3 Å². The van der Waals surface area contributed by atoms with Crippen LogP contribution in [0, 0.1) is 5.92 Å². The topological polar surface area (TPSA) is 17.3 Å². The van der Waals surface area contributed by atoms with Gasteiger partial charge in [0.1, 0.15) is 0 Å². The minimum atomic E-state index is 0.864. The van der Waals surface area contributed by atoms with Crippen molar-refractivity contribution in [2.45, 2.75) is 51.9 Å². The summed E-state index contributed by atoms with van der Waals surface area (Å²) in [5.74, 6) is 0.864. The number of benzene rings is 1. The summed E-state index contributed by atoms with van der Waals surface area (Å²) in [6.45, 7) is 2.29. The molecule has 2 nitrogen and oxygen atoms in total. The van der Waals surface area contributed by atoms with E-state index in [0.29, 0.717) is 0 Å². The van der Waals surface area contributed by atoms with Crippen molar-refractivity contribution in [2.75, 3.05) is 0 Å². The summed E-state index contributed by atoms with van der Waals surface area (Å²) >= 11 is 1.83. The predicted molar refractivity (Wildman–Crippen MR) is 90.2 cm³/mol. The molecule has 3 heteroatoms. The molecule has 0 bridgehead atoms. The fourth-order valence-electron chi connectivity index (χ4n) is 3.67. The molecule has 2 aromatic heterocycles. The smallest absolute Gasteiger partial charge is 0.195 e. The van der Waals surface area contributed by atoms with Crippen molar-refractivity contribution in [3.63, 3.8) is 0 Å². The number of nitrogens with zero attached hydrogens (tertiary/aromatic N) is 2. The summed E-state index contributed by atoms with van der Waals surface area (Å²) in [6, 6.07) is 8.71. The van der Waals surface area contributed by atoms with Crippen molar-refractivity contribution in [3.8, 4) is 0 Å². The maximum Gasteiger partial charge on any atom is 0.195 e. The van der Waals surface area contributed by atoms with Crippen molar-refractivity contribution < 1.29 is 0 Å². The van der Waals surface area contributed by atoms with Crippen LogP contribution in [0.5, 0.6) is 0 Å². The predicted octanol–water partition coefficient (Wildman–Crippen LogP) is 5.23. The van der Waals surface area contributed by atoms with Crippen molar-refractivity contribution in [1.29, 1.82) is 0 Å². The van der Waals surface area contributed by atoms with E-state index in [1.54, 1.807) is 0 Å². The zero-order valence-electron chi connectivity index (χ0n) is 12.6. The largest absolute Gasteiger partial charge is 0.287 e. The van der Waals surface area contributed by atoms with Gasteiger partial charge in [-0.3, -0.25) is 4.40 Å². The Balaban J connectivity index is 1.70. The Kier molecular flexibility index (Phi) is 3.46. The molecule has 0 aliphatic heterocycles. The molecule has 0 radical (unpaired) electrons. The van der Waals surface area contributed by atoms with Gasteiger partial charge in [0.2, 0.25) is 0 Å². The number of imidazole rings is 1. The molecule has 110 valence electrons. The lowest BCUT2D eigenvalue weighted by atomic mass is 9.86. The number of rotatable bonds is 4. The molecule has 0 N–H and O–H groups in total. The van der Waals surface area contributed by atoms with Crippen LogP contribution in [-0.4, -0.2) is 9.38 Å². The molecule has 1 aliphatic carbocycles. The molecule has 1 unspecified atom stereocenters. The first-order valence-corrected chi connectivity index (χ1v) is 9.06. The van der Waals surface area contributed by atoms with Gasteiger partial charge < -0.3 is 0 Å². The van der Waals surface area contributed by atoms with Crippen molar-refractivity contribution in [1.82, 2.24) is 9.38 Å².